The van der Waals surface area contributed by atoms with Gasteiger partial charge in [0.15, 0.2) is 0 Å². The summed E-state index contributed by atoms with van der Waals surface area (Å²) in [5.41, 5.74) is 10.2. The van der Waals surface area contributed by atoms with Crippen molar-refractivity contribution in [2.24, 2.45) is 5.73 Å². The van der Waals surface area contributed by atoms with Gasteiger partial charge >= 0.3 is 0 Å². The lowest BCUT2D eigenvalue weighted by Crippen LogP contribution is -2.26. The lowest BCUT2D eigenvalue weighted by Gasteiger charge is -2.14. The number of hydroxylamine groups is 1. The van der Waals surface area contributed by atoms with Crippen LogP contribution >= 0.6 is 0 Å². The number of hydrogen-bond acceptors (Lipinski definition) is 3. The maximum Gasteiger partial charge on any atom is 0.245 e. The second-order valence-electron chi connectivity index (χ2n) is 4.42. The molecule has 3 N–H and O–H groups in total. The summed E-state index contributed by atoms with van der Waals surface area (Å²) in [7, 11) is 0. The molecule has 1 rings (SSSR count). The highest BCUT2D eigenvalue weighted by Crippen LogP contribution is 2.18. The van der Waals surface area contributed by atoms with Crippen LogP contribution in [0.3, 0.4) is 0 Å². The molecule has 0 radical (unpaired) electrons. The number of nitrogens with one attached hydrogen (secondary N) is 1. The Morgan fingerprint density at radius 3 is 2.24 bits per heavy atom. The zero-order valence-electron chi connectivity index (χ0n) is 10.6. The standard InChI is InChI=1S/C13H20N2O2/c1-9(2)11-4-6-12(7-5-11)10(3)15-17-8-13(14)16/h4-7,9-10,15H,8H2,1-3H3,(H2,14,16). The minimum atomic E-state index is -0.486. The fourth-order valence-electron chi connectivity index (χ4n) is 1.48. The number of carbonyl (C=O) groups excluding carboxylic acids is 1. The minimum absolute atomic E-state index is 0.0237. The van der Waals surface area contributed by atoms with Gasteiger partial charge in [0.25, 0.3) is 0 Å². The van der Waals surface area contributed by atoms with Gasteiger partial charge in [-0.05, 0) is 24.0 Å². The van der Waals surface area contributed by atoms with Crippen molar-refractivity contribution in [1.29, 1.82) is 0 Å². The Kier molecular flexibility index (Phi) is 5.12. The molecule has 0 fully saturated rings. The quantitative estimate of drug-likeness (QED) is 0.741. The highest BCUT2D eigenvalue weighted by Gasteiger charge is 2.06. The van der Waals surface area contributed by atoms with Crippen LogP contribution in [0.5, 0.6) is 0 Å². The van der Waals surface area contributed by atoms with Gasteiger partial charge in [-0.3, -0.25) is 9.63 Å². The van der Waals surface area contributed by atoms with E-state index in [1.165, 1.54) is 5.56 Å². The SMILES string of the molecule is CC(C)c1ccc(C(C)NOCC(N)=O)cc1. The third kappa shape index (κ3) is 4.54. The molecule has 1 unspecified atom stereocenters. The smallest absolute Gasteiger partial charge is 0.245 e. The molecule has 0 bridgehead atoms. The predicted molar refractivity (Wildman–Crippen MR) is 67.2 cm³/mol. The summed E-state index contributed by atoms with van der Waals surface area (Å²) < 4.78 is 0. The summed E-state index contributed by atoms with van der Waals surface area (Å²) in [5, 5.41) is 0. The Morgan fingerprint density at radius 1 is 1.24 bits per heavy atom. The van der Waals surface area contributed by atoms with E-state index in [9.17, 15) is 4.79 Å². The Hall–Kier alpha value is -1.39. The van der Waals surface area contributed by atoms with E-state index < -0.39 is 5.91 Å². The molecule has 0 saturated carbocycles. The van der Waals surface area contributed by atoms with Gasteiger partial charge < -0.3 is 5.73 Å². The molecule has 0 aliphatic heterocycles. The molecule has 1 aromatic carbocycles. The first-order chi connectivity index (χ1) is 8.00. The van der Waals surface area contributed by atoms with E-state index in [1.54, 1.807) is 0 Å². The third-order valence-electron chi connectivity index (χ3n) is 2.58. The predicted octanol–water partition coefficient (Wildman–Crippen LogP) is 1.88. The van der Waals surface area contributed by atoms with Crippen molar-refractivity contribution < 1.29 is 9.63 Å². The van der Waals surface area contributed by atoms with Gasteiger partial charge in [-0.25, -0.2) is 0 Å². The van der Waals surface area contributed by atoms with Crippen molar-refractivity contribution in [3.8, 4) is 0 Å². The van der Waals surface area contributed by atoms with Crippen LogP contribution in [0.4, 0.5) is 0 Å². The van der Waals surface area contributed by atoms with Crippen molar-refractivity contribution in [3.05, 3.63) is 35.4 Å². The number of hydrogen-bond donors (Lipinski definition) is 2. The monoisotopic (exact) mass is 236 g/mol. The van der Waals surface area contributed by atoms with Crippen LogP contribution in [0.2, 0.25) is 0 Å². The van der Waals surface area contributed by atoms with Gasteiger partial charge in [0, 0.05) is 0 Å². The molecule has 4 heteroatoms. The molecule has 0 heterocycles. The molecule has 0 aliphatic rings. The molecule has 1 amide bonds. The van der Waals surface area contributed by atoms with E-state index >= 15 is 0 Å². The Morgan fingerprint density at radius 2 is 1.76 bits per heavy atom. The third-order valence-corrected chi connectivity index (χ3v) is 2.58. The summed E-state index contributed by atoms with van der Waals surface area (Å²) in [5.74, 6) is 0.0401. The molecule has 0 aromatic heterocycles. The Balaban J connectivity index is 2.51. The fourth-order valence-corrected chi connectivity index (χ4v) is 1.48. The number of nitrogens with two attached hydrogens (primary N) is 1. The number of rotatable bonds is 6. The zero-order chi connectivity index (χ0) is 12.8. The van der Waals surface area contributed by atoms with Crippen molar-refractivity contribution >= 4 is 5.91 Å². The van der Waals surface area contributed by atoms with Crippen LogP contribution < -0.4 is 11.2 Å². The van der Waals surface area contributed by atoms with E-state index in [4.69, 9.17) is 10.6 Å². The van der Waals surface area contributed by atoms with Crippen LogP contribution in [0, 0.1) is 0 Å². The van der Waals surface area contributed by atoms with Gasteiger partial charge in [-0.15, -0.1) is 0 Å². The molecule has 1 aromatic rings. The van der Waals surface area contributed by atoms with Crippen LogP contribution in [0.15, 0.2) is 24.3 Å². The van der Waals surface area contributed by atoms with E-state index in [0.29, 0.717) is 5.92 Å². The molecular weight excluding hydrogens is 216 g/mol. The van der Waals surface area contributed by atoms with Crippen LogP contribution in [0.25, 0.3) is 0 Å². The molecule has 17 heavy (non-hydrogen) atoms. The Bertz CT molecular complexity index is 360. The molecular formula is C13H20N2O2. The minimum Gasteiger partial charge on any atom is -0.368 e. The van der Waals surface area contributed by atoms with Gasteiger partial charge in [-0.1, -0.05) is 38.1 Å². The maximum absolute atomic E-state index is 10.5. The van der Waals surface area contributed by atoms with Crippen LogP contribution in [-0.2, 0) is 9.63 Å². The first-order valence-electron chi connectivity index (χ1n) is 5.76. The van der Waals surface area contributed by atoms with Gasteiger partial charge in [0.1, 0.15) is 6.61 Å². The zero-order valence-corrected chi connectivity index (χ0v) is 10.6. The first kappa shape index (κ1) is 13.7. The highest BCUT2D eigenvalue weighted by molar-refractivity contribution is 5.74. The average molecular weight is 236 g/mol. The van der Waals surface area contributed by atoms with Gasteiger partial charge in [-0.2, -0.15) is 5.48 Å². The summed E-state index contributed by atoms with van der Waals surface area (Å²) in [6.45, 7) is 6.17. The summed E-state index contributed by atoms with van der Waals surface area (Å²) in [6, 6.07) is 8.34. The van der Waals surface area contributed by atoms with Crippen molar-refractivity contribution in [2.75, 3.05) is 6.61 Å². The van der Waals surface area contributed by atoms with Crippen molar-refractivity contribution in [2.45, 2.75) is 32.7 Å². The van der Waals surface area contributed by atoms with Gasteiger partial charge in [0.05, 0.1) is 6.04 Å². The van der Waals surface area contributed by atoms with Crippen molar-refractivity contribution in [1.82, 2.24) is 5.48 Å². The van der Waals surface area contributed by atoms with Crippen LogP contribution in [-0.4, -0.2) is 12.5 Å². The second-order valence-corrected chi connectivity index (χ2v) is 4.42. The number of carbonyl (C=O) groups is 1. The molecule has 94 valence electrons. The summed E-state index contributed by atoms with van der Waals surface area (Å²) >= 11 is 0. The molecule has 0 spiro atoms. The number of benzene rings is 1. The van der Waals surface area contributed by atoms with E-state index in [0.717, 1.165) is 5.56 Å². The molecule has 0 aliphatic carbocycles. The Labute approximate surface area is 102 Å². The number of amides is 1. The van der Waals surface area contributed by atoms with E-state index in [-0.39, 0.29) is 12.6 Å². The number of primary amides is 1. The lowest BCUT2D eigenvalue weighted by molar-refractivity contribution is -0.126. The average Bonchev–Trinajstić information content (AvgIpc) is 2.28. The normalized spacial score (nSPS) is 12.7. The molecule has 4 nitrogen and oxygen atoms in total. The molecule has 1 atom stereocenters. The summed E-state index contributed by atoms with van der Waals surface area (Å²) in [6.07, 6.45) is 0. The van der Waals surface area contributed by atoms with Gasteiger partial charge in [0.2, 0.25) is 5.91 Å². The van der Waals surface area contributed by atoms with Crippen LogP contribution in [0.1, 0.15) is 43.9 Å². The lowest BCUT2D eigenvalue weighted by atomic mass is 10.00. The largest absolute Gasteiger partial charge is 0.368 e. The topological polar surface area (TPSA) is 64.3 Å². The maximum atomic E-state index is 10.5. The van der Waals surface area contributed by atoms with E-state index in [1.807, 2.05) is 6.92 Å². The van der Waals surface area contributed by atoms with E-state index in [2.05, 4.69) is 43.6 Å². The fraction of sp³-hybridized carbons (Fsp3) is 0.462. The highest BCUT2D eigenvalue weighted by atomic mass is 16.6. The first-order valence-corrected chi connectivity index (χ1v) is 5.76. The summed E-state index contributed by atoms with van der Waals surface area (Å²) in [4.78, 5) is 15.5. The second kappa shape index (κ2) is 6.37. The molecule has 0 saturated heterocycles. The van der Waals surface area contributed by atoms with Crippen molar-refractivity contribution in [3.63, 3.8) is 0 Å².